The Morgan fingerprint density at radius 3 is 2.83 bits per heavy atom. The zero-order valence-corrected chi connectivity index (χ0v) is 14.7. The number of methoxy groups -OCH3 is 1. The fraction of sp³-hybridized carbons (Fsp3) is 0.588. The van der Waals surface area contributed by atoms with Gasteiger partial charge in [-0.25, -0.2) is 4.39 Å². The molecule has 0 aromatic heterocycles. The number of benzene rings is 1. The predicted octanol–water partition coefficient (Wildman–Crippen LogP) is 2.96. The fourth-order valence-electron chi connectivity index (χ4n) is 2.54. The van der Waals surface area contributed by atoms with Crippen LogP contribution in [-0.4, -0.2) is 43.7 Å². The van der Waals surface area contributed by atoms with Gasteiger partial charge in [-0.2, -0.15) is 11.8 Å². The van der Waals surface area contributed by atoms with Gasteiger partial charge >= 0.3 is 0 Å². The Balaban J connectivity index is 1.97. The Kier molecular flexibility index (Phi) is 7.68. The van der Waals surface area contributed by atoms with Crippen molar-refractivity contribution in [1.29, 1.82) is 0 Å². The van der Waals surface area contributed by atoms with Crippen LogP contribution in [0.5, 0.6) is 0 Å². The van der Waals surface area contributed by atoms with Gasteiger partial charge in [0.15, 0.2) is 5.96 Å². The zero-order valence-electron chi connectivity index (χ0n) is 13.8. The highest BCUT2D eigenvalue weighted by Gasteiger charge is 2.16. The van der Waals surface area contributed by atoms with E-state index in [2.05, 4.69) is 22.5 Å². The Hall–Kier alpha value is -1.27. The van der Waals surface area contributed by atoms with Gasteiger partial charge in [-0.05, 0) is 43.2 Å². The molecule has 0 bridgehead atoms. The molecule has 0 spiro atoms. The van der Waals surface area contributed by atoms with Gasteiger partial charge in [0.25, 0.3) is 0 Å². The molecule has 1 heterocycles. The number of guanidine groups is 1. The molecule has 4 nitrogen and oxygen atoms in total. The number of thioether (sulfide) groups is 1. The van der Waals surface area contributed by atoms with Crippen molar-refractivity contribution in [3.8, 4) is 0 Å². The molecular formula is C17H26FN3OS. The molecule has 1 aromatic rings. The molecule has 1 saturated heterocycles. The fourth-order valence-corrected chi connectivity index (χ4v) is 3.61. The third-order valence-corrected chi connectivity index (χ3v) is 5.00. The summed E-state index contributed by atoms with van der Waals surface area (Å²) in [6.07, 6.45) is 2.26. The van der Waals surface area contributed by atoms with E-state index in [1.54, 1.807) is 19.2 Å². The average Bonchev–Trinajstić information content (AvgIpc) is 2.58. The van der Waals surface area contributed by atoms with E-state index < -0.39 is 0 Å². The van der Waals surface area contributed by atoms with E-state index in [0.717, 1.165) is 23.8 Å². The largest absolute Gasteiger partial charge is 0.375 e. The molecule has 6 heteroatoms. The maximum Gasteiger partial charge on any atom is 0.191 e. The van der Waals surface area contributed by atoms with E-state index in [-0.39, 0.29) is 11.9 Å². The Bertz CT molecular complexity index is 489. The van der Waals surface area contributed by atoms with E-state index in [4.69, 9.17) is 4.74 Å². The van der Waals surface area contributed by atoms with Crippen LogP contribution in [-0.2, 0) is 4.74 Å². The van der Waals surface area contributed by atoms with Crippen molar-refractivity contribution in [2.24, 2.45) is 4.99 Å². The molecule has 1 aromatic carbocycles. The highest BCUT2D eigenvalue weighted by Crippen LogP contribution is 2.18. The normalized spacial score (nSPS) is 20.1. The van der Waals surface area contributed by atoms with Crippen LogP contribution in [0.2, 0.25) is 0 Å². The first-order chi connectivity index (χ1) is 11.2. The van der Waals surface area contributed by atoms with Gasteiger partial charge in [-0.1, -0.05) is 12.1 Å². The maximum atomic E-state index is 13.0. The van der Waals surface area contributed by atoms with Crippen molar-refractivity contribution in [3.63, 3.8) is 0 Å². The molecule has 23 heavy (non-hydrogen) atoms. The lowest BCUT2D eigenvalue weighted by atomic mass is 10.1. The van der Waals surface area contributed by atoms with E-state index >= 15 is 0 Å². The zero-order chi connectivity index (χ0) is 16.5. The number of aliphatic imine (C=N–C) groups is 1. The van der Waals surface area contributed by atoms with Gasteiger partial charge in [-0.3, -0.25) is 4.99 Å². The molecule has 2 N–H and O–H groups in total. The lowest BCUT2D eigenvalue weighted by Gasteiger charge is -2.25. The minimum atomic E-state index is -0.239. The summed E-state index contributed by atoms with van der Waals surface area (Å²) in [4.78, 5) is 4.64. The van der Waals surface area contributed by atoms with Crippen LogP contribution >= 0.6 is 11.8 Å². The third-order valence-electron chi connectivity index (χ3n) is 3.79. The molecule has 1 aliphatic heterocycles. The monoisotopic (exact) mass is 339 g/mol. The summed E-state index contributed by atoms with van der Waals surface area (Å²) in [6, 6.07) is 6.87. The van der Waals surface area contributed by atoms with Crippen molar-refractivity contribution in [3.05, 3.63) is 35.6 Å². The smallest absolute Gasteiger partial charge is 0.191 e. The van der Waals surface area contributed by atoms with E-state index in [1.165, 1.54) is 30.7 Å². The summed E-state index contributed by atoms with van der Waals surface area (Å²) in [5.41, 5.74) is 0.932. The predicted molar refractivity (Wildman–Crippen MR) is 95.6 cm³/mol. The quantitative estimate of drug-likeness (QED) is 0.618. The summed E-state index contributed by atoms with van der Waals surface area (Å²) >= 11 is 1.98. The van der Waals surface area contributed by atoms with Crippen molar-refractivity contribution >= 4 is 17.7 Å². The lowest BCUT2D eigenvalue weighted by molar-refractivity contribution is 0.111. The van der Waals surface area contributed by atoms with Crippen LogP contribution in [0.15, 0.2) is 29.3 Å². The second kappa shape index (κ2) is 9.78. The minimum Gasteiger partial charge on any atom is -0.375 e. The molecular weight excluding hydrogens is 313 g/mol. The van der Waals surface area contributed by atoms with Gasteiger partial charge in [0, 0.05) is 25.4 Å². The summed E-state index contributed by atoms with van der Waals surface area (Å²) in [6.45, 7) is 3.37. The van der Waals surface area contributed by atoms with Crippen molar-refractivity contribution < 1.29 is 9.13 Å². The van der Waals surface area contributed by atoms with Crippen LogP contribution in [0.1, 0.15) is 31.4 Å². The van der Waals surface area contributed by atoms with Crippen molar-refractivity contribution in [2.45, 2.75) is 31.9 Å². The Labute approximate surface area is 142 Å². The number of hydrogen-bond acceptors (Lipinski definition) is 3. The average molecular weight is 339 g/mol. The second-order valence-electron chi connectivity index (χ2n) is 5.55. The second-order valence-corrected chi connectivity index (χ2v) is 6.70. The van der Waals surface area contributed by atoms with E-state index in [0.29, 0.717) is 12.6 Å². The molecule has 2 unspecified atom stereocenters. The SMILES string of the molecule is CCNC(=NCC(OC)c1ccc(F)cc1)NC1CCCSC1. The van der Waals surface area contributed by atoms with Gasteiger partial charge in [0.1, 0.15) is 11.9 Å². The van der Waals surface area contributed by atoms with Gasteiger partial charge in [-0.15, -0.1) is 0 Å². The molecule has 2 atom stereocenters. The number of ether oxygens (including phenoxy) is 1. The van der Waals surface area contributed by atoms with Crippen molar-refractivity contribution in [2.75, 3.05) is 31.7 Å². The first kappa shape index (κ1) is 18.1. The van der Waals surface area contributed by atoms with Crippen LogP contribution in [0.25, 0.3) is 0 Å². The first-order valence-electron chi connectivity index (χ1n) is 8.13. The standard InChI is InChI=1S/C17H26FN3OS/c1-3-19-17(21-15-5-4-10-23-12-15)20-11-16(22-2)13-6-8-14(18)9-7-13/h6-9,15-16H,3-5,10-12H2,1-2H3,(H2,19,20,21). The minimum absolute atomic E-state index is 0.174. The summed E-state index contributed by atoms with van der Waals surface area (Å²) in [5.74, 6) is 2.96. The molecule has 0 radical (unpaired) electrons. The molecule has 1 aliphatic rings. The van der Waals surface area contributed by atoms with Crippen LogP contribution in [0.3, 0.4) is 0 Å². The van der Waals surface area contributed by atoms with Crippen LogP contribution < -0.4 is 10.6 Å². The summed E-state index contributed by atoms with van der Waals surface area (Å²) < 4.78 is 18.5. The number of rotatable bonds is 6. The van der Waals surface area contributed by atoms with Crippen LogP contribution in [0, 0.1) is 5.82 Å². The Morgan fingerprint density at radius 2 is 2.22 bits per heavy atom. The van der Waals surface area contributed by atoms with Gasteiger partial charge in [0.05, 0.1) is 6.54 Å². The molecule has 2 rings (SSSR count). The summed E-state index contributed by atoms with van der Waals surface area (Å²) in [7, 11) is 1.65. The van der Waals surface area contributed by atoms with E-state index in [9.17, 15) is 4.39 Å². The third kappa shape index (κ3) is 6.03. The Morgan fingerprint density at radius 1 is 1.43 bits per heavy atom. The summed E-state index contributed by atoms with van der Waals surface area (Å²) in [5, 5.41) is 6.78. The molecule has 0 aliphatic carbocycles. The van der Waals surface area contributed by atoms with Crippen LogP contribution in [0.4, 0.5) is 4.39 Å². The topological polar surface area (TPSA) is 45.7 Å². The number of nitrogens with one attached hydrogen (secondary N) is 2. The molecule has 128 valence electrons. The highest BCUT2D eigenvalue weighted by molar-refractivity contribution is 7.99. The molecule has 0 amide bonds. The lowest BCUT2D eigenvalue weighted by Crippen LogP contribution is -2.45. The number of hydrogen-bond donors (Lipinski definition) is 2. The number of nitrogens with zero attached hydrogens (tertiary/aromatic N) is 1. The maximum absolute atomic E-state index is 13.0. The first-order valence-corrected chi connectivity index (χ1v) is 9.29. The van der Waals surface area contributed by atoms with Gasteiger partial charge in [0.2, 0.25) is 0 Å². The van der Waals surface area contributed by atoms with Gasteiger partial charge < -0.3 is 15.4 Å². The highest BCUT2D eigenvalue weighted by atomic mass is 32.2. The van der Waals surface area contributed by atoms with E-state index in [1.807, 2.05) is 11.8 Å². The molecule has 1 fully saturated rings. The molecule has 0 saturated carbocycles. The number of halogens is 1. The van der Waals surface area contributed by atoms with Crippen molar-refractivity contribution in [1.82, 2.24) is 10.6 Å².